The molecule has 98 valence electrons. The molecule has 1 spiro atoms. The van der Waals surface area contributed by atoms with E-state index in [1.807, 2.05) is 0 Å². The van der Waals surface area contributed by atoms with Gasteiger partial charge in [0.2, 0.25) is 0 Å². The Bertz CT molecular complexity index is 275. The van der Waals surface area contributed by atoms with Crippen molar-refractivity contribution in [1.82, 2.24) is 10.2 Å². The lowest BCUT2D eigenvalue weighted by atomic mass is 9.68. The Balaban J connectivity index is 1.79. The number of nitrogens with zero attached hydrogens (tertiary/aromatic N) is 1. The fourth-order valence-corrected chi connectivity index (χ4v) is 4.31. The third-order valence-electron chi connectivity index (χ3n) is 5.63. The van der Waals surface area contributed by atoms with Crippen LogP contribution >= 0.6 is 0 Å². The first-order chi connectivity index (χ1) is 8.11. The van der Waals surface area contributed by atoms with E-state index in [0.717, 1.165) is 6.04 Å². The number of rotatable bonds is 0. The van der Waals surface area contributed by atoms with Gasteiger partial charge < -0.3 is 5.32 Å². The normalized spacial score (nSPS) is 36.7. The van der Waals surface area contributed by atoms with Crippen LogP contribution in [0.2, 0.25) is 0 Å². The SMILES string of the molecule is CC1(C)CCC2(CC1)CNCCC1CCCN12. The molecule has 2 aliphatic heterocycles. The van der Waals surface area contributed by atoms with Gasteiger partial charge in [-0.25, -0.2) is 0 Å². The highest BCUT2D eigenvalue weighted by atomic mass is 15.3. The summed E-state index contributed by atoms with van der Waals surface area (Å²) >= 11 is 0. The maximum atomic E-state index is 3.72. The molecule has 3 aliphatic rings. The molecular weight excluding hydrogens is 208 g/mol. The predicted octanol–water partition coefficient (Wildman–Crippen LogP) is 2.78. The molecule has 2 nitrogen and oxygen atoms in total. The van der Waals surface area contributed by atoms with Crippen molar-refractivity contribution in [3.05, 3.63) is 0 Å². The molecule has 0 radical (unpaired) electrons. The van der Waals surface area contributed by atoms with Crippen LogP contribution in [0.15, 0.2) is 0 Å². The zero-order valence-corrected chi connectivity index (χ0v) is 11.6. The molecule has 0 aromatic rings. The molecule has 3 fully saturated rings. The van der Waals surface area contributed by atoms with Gasteiger partial charge in [0.05, 0.1) is 0 Å². The van der Waals surface area contributed by atoms with Gasteiger partial charge in [0.25, 0.3) is 0 Å². The zero-order chi connectivity index (χ0) is 11.9. The molecule has 0 bridgehead atoms. The minimum Gasteiger partial charge on any atom is -0.315 e. The van der Waals surface area contributed by atoms with E-state index in [9.17, 15) is 0 Å². The van der Waals surface area contributed by atoms with Gasteiger partial charge in [-0.2, -0.15) is 0 Å². The zero-order valence-electron chi connectivity index (χ0n) is 11.6. The van der Waals surface area contributed by atoms with Crippen LogP contribution < -0.4 is 5.32 Å². The maximum absolute atomic E-state index is 3.72. The summed E-state index contributed by atoms with van der Waals surface area (Å²) in [5.41, 5.74) is 1.11. The van der Waals surface area contributed by atoms with Crippen molar-refractivity contribution in [3.8, 4) is 0 Å². The maximum Gasteiger partial charge on any atom is 0.0337 e. The highest BCUT2D eigenvalue weighted by Crippen LogP contribution is 2.45. The standard InChI is InChI=1S/C15H28N2/c1-14(2)6-8-15(9-7-14)12-16-10-5-13-4-3-11-17(13)15/h13,16H,3-12H2,1-2H3. The molecule has 3 rings (SSSR count). The number of nitrogens with one attached hydrogen (secondary N) is 1. The van der Waals surface area contributed by atoms with Crippen LogP contribution in [0.3, 0.4) is 0 Å². The Labute approximate surface area is 106 Å². The molecule has 1 unspecified atom stereocenters. The van der Waals surface area contributed by atoms with E-state index >= 15 is 0 Å². The lowest BCUT2D eigenvalue weighted by Gasteiger charge is -2.50. The topological polar surface area (TPSA) is 15.3 Å². The fraction of sp³-hybridized carbons (Fsp3) is 1.00. The summed E-state index contributed by atoms with van der Waals surface area (Å²) in [5, 5.41) is 3.72. The minimum atomic E-state index is 0.521. The molecule has 0 aromatic carbocycles. The van der Waals surface area contributed by atoms with Gasteiger partial charge in [-0.3, -0.25) is 4.90 Å². The summed E-state index contributed by atoms with van der Waals surface area (Å²) in [5.74, 6) is 0. The summed E-state index contributed by atoms with van der Waals surface area (Å²) in [6.45, 7) is 8.76. The molecule has 1 atom stereocenters. The third kappa shape index (κ3) is 2.15. The number of hydrogen-bond donors (Lipinski definition) is 1. The highest BCUT2D eigenvalue weighted by Gasteiger charge is 2.46. The molecule has 2 heterocycles. The van der Waals surface area contributed by atoms with E-state index in [1.165, 1.54) is 64.6 Å². The first-order valence-corrected chi connectivity index (χ1v) is 7.59. The van der Waals surface area contributed by atoms with E-state index in [4.69, 9.17) is 0 Å². The smallest absolute Gasteiger partial charge is 0.0337 e. The fourth-order valence-electron chi connectivity index (χ4n) is 4.31. The molecule has 1 saturated carbocycles. The monoisotopic (exact) mass is 236 g/mol. The van der Waals surface area contributed by atoms with Crippen LogP contribution in [0.25, 0.3) is 0 Å². The van der Waals surface area contributed by atoms with Crippen molar-refractivity contribution in [2.75, 3.05) is 19.6 Å². The quantitative estimate of drug-likeness (QED) is 0.696. The van der Waals surface area contributed by atoms with Gasteiger partial charge in [-0.05, 0) is 63.5 Å². The van der Waals surface area contributed by atoms with E-state index in [1.54, 1.807) is 0 Å². The predicted molar refractivity (Wildman–Crippen MR) is 72.2 cm³/mol. The van der Waals surface area contributed by atoms with Crippen molar-refractivity contribution in [1.29, 1.82) is 0 Å². The average Bonchev–Trinajstić information content (AvgIpc) is 2.70. The first-order valence-electron chi connectivity index (χ1n) is 7.59. The average molecular weight is 236 g/mol. The molecule has 1 N–H and O–H groups in total. The van der Waals surface area contributed by atoms with Crippen LogP contribution in [0.1, 0.15) is 58.8 Å². The second kappa shape index (κ2) is 4.24. The number of fused-ring (bicyclic) bond motifs is 2. The van der Waals surface area contributed by atoms with Gasteiger partial charge >= 0.3 is 0 Å². The largest absolute Gasteiger partial charge is 0.315 e. The van der Waals surface area contributed by atoms with E-state index in [2.05, 4.69) is 24.1 Å². The molecule has 0 aromatic heterocycles. The second-order valence-corrected chi connectivity index (χ2v) is 7.34. The van der Waals surface area contributed by atoms with Gasteiger partial charge in [0.1, 0.15) is 0 Å². The molecule has 2 heteroatoms. The van der Waals surface area contributed by atoms with Gasteiger partial charge in [-0.15, -0.1) is 0 Å². The second-order valence-electron chi connectivity index (χ2n) is 7.34. The summed E-state index contributed by atoms with van der Waals surface area (Å²) in [6, 6.07) is 0.895. The Morgan fingerprint density at radius 3 is 2.59 bits per heavy atom. The van der Waals surface area contributed by atoms with Gasteiger partial charge in [0, 0.05) is 18.1 Å². The van der Waals surface area contributed by atoms with Crippen molar-refractivity contribution in [2.24, 2.45) is 5.41 Å². The number of hydrogen-bond acceptors (Lipinski definition) is 2. The van der Waals surface area contributed by atoms with Crippen LogP contribution in [0.5, 0.6) is 0 Å². The summed E-state index contributed by atoms with van der Waals surface area (Å²) in [4.78, 5) is 2.90. The Morgan fingerprint density at radius 1 is 1.06 bits per heavy atom. The molecule has 0 amide bonds. The van der Waals surface area contributed by atoms with Crippen molar-refractivity contribution in [3.63, 3.8) is 0 Å². The van der Waals surface area contributed by atoms with E-state index < -0.39 is 0 Å². The lowest BCUT2D eigenvalue weighted by Crippen LogP contribution is -2.56. The van der Waals surface area contributed by atoms with Crippen LogP contribution in [-0.2, 0) is 0 Å². The minimum absolute atomic E-state index is 0.521. The lowest BCUT2D eigenvalue weighted by molar-refractivity contribution is 0.0175. The van der Waals surface area contributed by atoms with Crippen molar-refractivity contribution in [2.45, 2.75) is 70.4 Å². The van der Waals surface area contributed by atoms with Crippen LogP contribution in [0, 0.1) is 5.41 Å². The third-order valence-corrected chi connectivity index (χ3v) is 5.63. The first kappa shape index (κ1) is 12.0. The molecule has 1 aliphatic carbocycles. The van der Waals surface area contributed by atoms with Crippen molar-refractivity contribution < 1.29 is 0 Å². The summed E-state index contributed by atoms with van der Waals surface area (Å²) in [6.07, 6.45) is 9.94. The summed E-state index contributed by atoms with van der Waals surface area (Å²) in [7, 11) is 0. The van der Waals surface area contributed by atoms with Crippen molar-refractivity contribution >= 4 is 0 Å². The van der Waals surface area contributed by atoms with E-state index in [-0.39, 0.29) is 0 Å². The Morgan fingerprint density at radius 2 is 1.82 bits per heavy atom. The Hall–Kier alpha value is -0.0800. The van der Waals surface area contributed by atoms with Crippen LogP contribution in [-0.4, -0.2) is 36.1 Å². The van der Waals surface area contributed by atoms with Gasteiger partial charge in [-0.1, -0.05) is 13.8 Å². The molecule has 2 saturated heterocycles. The summed E-state index contributed by atoms with van der Waals surface area (Å²) < 4.78 is 0. The molecular formula is C15H28N2. The van der Waals surface area contributed by atoms with Crippen LogP contribution in [0.4, 0.5) is 0 Å². The van der Waals surface area contributed by atoms with Gasteiger partial charge in [0.15, 0.2) is 0 Å². The molecule has 17 heavy (non-hydrogen) atoms. The highest BCUT2D eigenvalue weighted by molar-refractivity contribution is 5.03. The van der Waals surface area contributed by atoms with E-state index in [0.29, 0.717) is 11.0 Å². The Kier molecular flexibility index (Phi) is 2.99.